The van der Waals surface area contributed by atoms with Crippen molar-refractivity contribution >= 4 is 34.0 Å². The number of halogens is 1. The SMILES string of the molecule is CN(CCO)c1ccc(NCc2cc(Cl)cc3cccnc23)nc1. The summed E-state index contributed by atoms with van der Waals surface area (Å²) in [7, 11) is 1.92. The molecule has 0 aliphatic carbocycles. The molecule has 6 heteroatoms. The van der Waals surface area contributed by atoms with Crippen molar-refractivity contribution in [3.63, 3.8) is 0 Å². The van der Waals surface area contributed by atoms with Gasteiger partial charge in [0.05, 0.1) is 24.0 Å². The fourth-order valence-corrected chi connectivity index (χ4v) is 2.79. The first kappa shape index (κ1) is 16.5. The number of aliphatic hydroxyl groups is 1. The summed E-state index contributed by atoms with van der Waals surface area (Å²) in [5, 5.41) is 14.0. The lowest BCUT2D eigenvalue weighted by Crippen LogP contribution is -2.21. The molecular weight excluding hydrogens is 324 g/mol. The van der Waals surface area contributed by atoms with Crippen LogP contribution in [0.15, 0.2) is 48.8 Å². The molecule has 0 saturated carbocycles. The Labute approximate surface area is 145 Å². The van der Waals surface area contributed by atoms with Crippen LogP contribution in [0.4, 0.5) is 11.5 Å². The molecule has 0 unspecified atom stereocenters. The third-order valence-electron chi connectivity index (χ3n) is 3.83. The highest BCUT2D eigenvalue weighted by molar-refractivity contribution is 6.31. The minimum absolute atomic E-state index is 0.116. The summed E-state index contributed by atoms with van der Waals surface area (Å²) in [6.07, 6.45) is 3.57. The predicted octanol–water partition coefficient (Wildman–Crippen LogP) is 3.32. The van der Waals surface area contributed by atoms with E-state index >= 15 is 0 Å². The normalized spacial score (nSPS) is 10.8. The van der Waals surface area contributed by atoms with Gasteiger partial charge in [-0.3, -0.25) is 4.98 Å². The summed E-state index contributed by atoms with van der Waals surface area (Å²) in [6, 6.07) is 11.6. The molecule has 124 valence electrons. The zero-order valence-electron chi connectivity index (χ0n) is 13.4. The van der Waals surface area contributed by atoms with Crippen molar-refractivity contribution in [2.75, 3.05) is 30.4 Å². The number of rotatable bonds is 6. The van der Waals surface area contributed by atoms with Crippen LogP contribution in [0.3, 0.4) is 0 Å². The van der Waals surface area contributed by atoms with Gasteiger partial charge in [0.25, 0.3) is 0 Å². The average molecular weight is 343 g/mol. The number of aromatic nitrogens is 2. The quantitative estimate of drug-likeness (QED) is 0.719. The largest absolute Gasteiger partial charge is 0.395 e. The molecule has 0 atom stereocenters. The maximum absolute atomic E-state index is 8.98. The predicted molar refractivity (Wildman–Crippen MR) is 98.7 cm³/mol. The van der Waals surface area contributed by atoms with Crippen molar-refractivity contribution in [2.45, 2.75) is 6.54 Å². The number of hydrogen-bond donors (Lipinski definition) is 2. The zero-order valence-corrected chi connectivity index (χ0v) is 14.2. The van der Waals surface area contributed by atoms with E-state index in [2.05, 4.69) is 15.3 Å². The number of pyridine rings is 2. The van der Waals surface area contributed by atoms with Gasteiger partial charge in [-0.2, -0.15) is 0 Å². The lowest BCUT2D eigenvalue weighted by atomic mass is 10.1. The summed E-state index contributed by atoms with van der Waals surface area (Å²) < 4.78 is 0. The van der Waals surface area contributed by atoms with Crippen LogP contribution < -0.4 is 10.2 Å². The van der Waals surface area contributed by atoms with E-state index in [1.165, 1.54) is 0 Å². The Morgan fingerprint density at radius 2 is 2.08 bits per heavy atom. The Hall–Kier alpha value is -2.37. The summed E-state index contributed by atoms with van der Waals surface area (Å²) in [5.74, 6) is 0.778. The first-order valence-electron chi connectivity index (χ1n) is 7.72. The highest BCUT2D eigenvalue weighted by Gasteiger charge is 2.06. The smallest absolute Gasteiger partial charge is 0.126 e. The Bertz CT molecular complexity index is 823. The van der Waals surface area contributed by atoms with Crippen LogP contribution in [0.5, 0.6) is 0 Å². The average Bonchev–Trinajstić information content (AvgIpc) is 2.60. The van der Waals surface area contributed by atoms with Crippen molar-refractivity contribution in [3.05, 3.63) is 59.4 Å². The molecule has 0 spiro atoms. The van der Waals surface area contributed by atoms with E-state index in [-0.39, 0.29) is 6.61 Å². The molecule has 0 bridgehead atoms. The lowest BCUT2D eigenvalue weighted by Gasteiger charge is -2.17. The number of fused-ring (bicyclic) bond motifs is 1. The highest BCUT2D eigenvalue weighted by Crippen LogP contribution is 2.23. The second-order valence-corrected chi connectivity index (χ2v) is 5.98. The third kappa shape index (κ3) is 3.75. The molecule has 5 nitrogen and oxygen atoms in total. The molecule has 0 aliphatic heterocycles. The Morgan fingerprint density at radius 3 is 2.83 bits per heavy atom. The molecule has 3 rings (SSSR count). The van der Waals surface area contributed by atoms with Gasteiger partial charge in [0.2, 0.25) is 0 Å². The van der Waals surface area contributed by atoms with E-state index < -0.39 is 0 Å². The van der Waals surface area contributed by atoms with E-state index in [1.807, 2.05) is 48.3 Å². The second kappa shape index (κ2) is 7.47. The summed E-state index contributed by atoms with van der Waals surface area (Å²) in [5.41, 5.74) is 2.93. The number of hydrogen-bond acceptors (Lipinski definition) is 5. The number of likely N-dealkylation sites (N-methyl/N-ethyl adjacent to an activating group) is 1. The first-order valence-corrected chi connectivity index (χ1v) is 8.10. The third-order valence-corrected chi connectivity index (χ3v) is 4.05. The number of nitrogens with one attached hydrogen (secondary N) is 1. The zero-order chi connectivity index (χ0) is 16.9. The van der Waals surface area contributed by atoms with Gasteiger partial charge in [-0.25, -0.2) is 4.98 Å². The van der Waals surface area contributed by atoms with Gasteiger partial charge in [-0.15, -0.1) is 0 Å². The van der Waals surface area contributed by atoms with E-state index in [4.69, 9.17) is 16.7 Å². The monoisotopic (exact) mass is 342 g/mol. The summed E-state index contributed by atoms with van der Waals surface area (Å²) in [6.45, 7) is 1.28. The highest BCUT2D eigenvalue weighted by atomic mass is 35.5. The fourth-order valence-electron chi connectivity index (χ4n) is 2.54. The number of nitrogens with zero attached hydrogens (tertiary/aromatic N) is 3. The van der Waals surface area contributed by atoms with E-state index in [1.54, 1.807) is 12.4 Å². The molecule has 2 heterocycles. The molecule has 24 heavy (non-hydrogen) atoms. The Morgan fingerprint density at radius 1 is 1.21 bits per heavy atom. The van der Waals surface area contributed by atoms with Gasteiger partial charge in [0, 0.05) is 36.7 Å². The van der Waals surface area contributed by atoms with Crippen molar-refractivity contribution in [2.24, 2.45) is 0 Å². The maximum Gasteiger partial charge on any atom is 0.126 e. The van der Waals surface area contributed by atoms with Crippen molar-refractivity contribution in [1.29, 1.82) is 0 Å². The van der Waals surface area contributed by atoms with E-state index in [0.29, 0.717) is 18.1 Å². The molecule has 2 N–H and O–H groups in total. The molecule has 0 amide bonds. The number of benzene rings is 1. The molecular formula is C18H19ClN4O. The van der Waals surface area contributed by atoms with Gasteiger partial charge >= 0.3 is 0 Å². The number of anilines is 2. The lowest BCUT2D eigenvalue weighted by molar-refractivity contribution is 0.304. The van der Waals surface area contributed by atoms with Crippen molar-refractivity contribution in [3.8, 4) is 0 Å². The van der Waals surface area contributed by atoms with Crippen LogP contribution in [0.1, 0.15) is 5.56 Å². The Kier molecular flexibility index (Phi) is 5.13. The minimum Gasteiger partial charge on any atom is -0.395 e. The minimum atomic E-state index is 0.116. The fraction of sp³-hybridized carbons (Fsp3) is 0.222. The summed E-state index contributed by atoms with van der Waals surface area (Å²) >= 11 is 6.19. The van der Waals surface area contributed by atoms with Crippen LogP contribution in [0.25, 0.3) is 10.9 Å². The van der Waals surface area contributed by atoms with Gasteiger partial charge in [-0.1, -0.05) is 17.7 Å². The van der Waals surface area contributed by atoms with Crippen molar-refractivity contribution in [1.82, 2.24) is 9.97 Å². The first-order chi connectivity index (χ1) is 11.7. The second-order valence-electron chi connectivity index (χ2n) is 5.54. The molecule has 0 fully saturated rings. The van der Waals surface area contributed by atoms with Crippen LogP contribution in [0, 0.1) is 0 Å². The topological polar surface area (TPSA) is 61.3 Å². The van der Waals surface area contributed by atoms with Gasteiger partial charge < -0.3 is 15.3 Å². The van der Waals surface area contributed by atoms with Crippen LogP contribution >= 0.6 is 11.6 Å². The van der Waals surface area contributed by atoms with Crippen LogP contribution in [0.2, 0.25) is 5.02 Å². The van der Waals surface area contributed by atoms with Gasteiger partial charge in [-0.05, 0) is 35.9 Å². The number of aliphatic hydroxyl groups excluding tert-OH is 1. The van der Waals surface area contributed by atoms with E-state index in [0.717, 1.165) is 28.0 Å². The van der Waals surface area contributed by atoms with Crippen LogP contribution in [-0.2, 0) is 6.54 Å². The van der Waals surface area contributed by atoms with Crippen molar-refractivity contribution < 1.29 is 5.11 Å². The Balaban J connectivity index is 1.74. The summed E-state index contributed by atoms with van der Waals surface area (Å²) in [4.78, 5) is 10.8. The molecule has 3 aromatic rings. The molecule has 0 aliphatic rings. The van der Waals surface area contributed by atoms with Gasteiger partial charge in [0.15, 0.2) is 0 Å². The van der Waals surface area contributed by atoms with Gasteiger partial charge in [0.1, 0.15) is 5.82 Å². The maximum atomic E-state index is 8.98. The van der Waals surface area contributed by atoms with Crippen LogP contribution in [-0.4, -0.2) is 35.3 Å². The van der Waals surface area contributed by atoms with E-state index in [9.17, 15) is 0 Å². The molecule has 0 radical (unpaired) electrons. The molecule has 1 aromatic carbocycles. The molecule has 0 saturated heterocycles. The molecule has 2 aromatic heterocycles. The standard InChI is InChI=1S/C18H19ClN4O/c1-23(7-8-24)16-4-5-17(22-12-16)21-11-14-10-15(19)9-13-3-2-6-20-18(13)14/h2-6,9-10,12,24H,7-8,11H2,1H3,(H,21,22).